The maximum absolute atomic E-state index is 12.5. The second-order valence-electron chi connectivity index (χ2n) is 11.8. The first-order valence-electron chi connectivity index (χ1n) is 15.4. The van der Waals surface area contributed by atoms with Gasteiger partial charge in [-0.25, -0.2) is 19.0 Å². The Bertz CT molecular complexity index is 1620. The highest BCUT2D eigenvalue weighted by atomic mass is 32.2. The SMILES string of the molecule is CC(C)(C)OC(=O)N1CCN(c2cccc(S(=O)Nc3nccs3)c2)CC1.O=S(Cc1nccs1)c1cccc(N2CCNCC2)c1. The van der Waals surface area contributed by atoms with Crippen LogP contribution in [-0.2, 0) is 32.3 Å². The monoisotopic (exact) mass is 715 g/mol. The number of hydrogen-bond acceptors (Lipinski definition) is 11. The van der Waals surface area contributed by atoms with Crippen molar-refractivity contribution in [1.82, 2.24) is 20.2 Å². The van der Waals surface area contributed by atoms with Gasteiger partial charge in [0.15, 0.2) is 16.1 Å². The molecule has 0 bridgehead atoms. The third kappa shape index (κ3) is 10.6. The number of thiazole rings is 2. The lowest BCUT2D eigenvalue weighted by atomic mass is 10.2. The fourth-order valence-electron chi connectivity index (χ4n) is 4.95. The van der Waals surface area contributed by atoms with Crippen molar-refractivity contribution in [2.24, 2.45) is 0 Å². The molecule has 2 aromatic heterocycles. The summed E-state index contributed by atoms with van der Waals surface area (Å²) in [7, 11) is -2.39. The molecule has 4 heterocycles. The van der Waals surface area contributed by atoms with Crippen LogP contribution in [0, 0.1) is 0 Å². The number of amides is 1. The molecule has 47 heavy (non-hydrogen) atoms. The summed E-state index contributed by atoms with van der Waals surface area (Å²) in [5, 5.41) is 8.65. The minimum atomic E-state index is -1.37. The Labute approximate surface area is 289 Å². The molecule has 0 aliphatic carbocycles. The van der Waals surface area contributed by atoms with E-state index < -0.39 is 27.4 Å². The number of nitrogens with zero attached hydrogens (tertiary/aromatic N) is 5. The fourth-order valence-corrected chi connectivity index (χ4v) is 8.44. The van der Waals surface area contributed by atoms with Crippen LogP contribution in [0.15, 0.2) is 81.5 Å². The van der Waals surface area contributed by atoms with Gasteiger partial charge >= 0.3 is 6.09 Å². The highest BCUT2D eigenvalue weighted by Crippen LogP contribution is 2.23. The van der Waals surface area contributed by atoms with E-state index in [4.69, 9.17) is 4.74 Å². The highest BCUT2D eigenvalue weighted by Gasteiger charge is 2.26. The number of nitrogens with one attached hydrogen (secondary N) is 2. The second-order valence-corrected chi connectivity index (χ2v) is 16.3. The van der Waals surface area contributed by atoms with Crippen LogP contribution < -0.4 is 19.8 Å². The molecule has 2 aromatic carbocycles. The molecular formula is C32H41N7O4S4. The Kier molecular flexibility index (Phi) is 12.4. The van der Waals surface area contributed by atoms with Crippen molar-refractivity contribution in [2.75, 3.05) is 66.9 Å². The standard InChI is InChI=1S/C18H24N4O3S2.C14H17N3OS2/c1-18(2,3)25-17(23)22-10-8-21(9-11-22)14-5-4-6-15(13-14)27(24)20-16-19-7-12-26-16;18-20(11-14-16-6-9-19-14)13-3-1-2-12(10-13)17-7-4-15-5-8-17/h4-7,12-13H,8-11H2,1-3H3,(H,19,20);1-3,6,9-10,15H,4-5,7-8,11H2. The predicted molar refractivity (Wildman–Crippen MR) is 192 cm³/mol. The maximum atomic E-state index is 12.5. The summed E-state index contributed by atoms with van der Waals surface area (Å²) in [5.74, 6) is 0.503. The van der Waals surface area contributed by atoms with Crippen LogP contribution in [0.3, 0.4) is 0 Å². The van der Waals surface area contributed by atoms with Gasteiger partial charge < -0.3 is 24.8 Å². The number of carbonyl (C=O) groups excluding carboxylic acids is 1. The number of aromatic nitrogens is 2. The highest BCUT2D eigenvalue weighted by molar-refractivity contribution is 7.86. The molecule has 11 nitrogen and oxygen atoms in total. The molecule has 0 spiro atoms. The quantitative estimate of drug-likeness (QED) is 0.254. The fraction of sp³-hybridized carbons (Fsp3) is 0.406. The summed E-state index contributed by atoms with van der Waals surface area (Å²) in [4.78, 5) is 28.3. The molecule has 1 amide bonds. The summed E-state index contributed by atoms with van der Waals surface area (Å²) in [6, 6.07) is 15.7. The predicted octanol–water partition coefficient (Wildman–Crippen LogP) is 5.20. The number of rotatable bonds is 8. The summed E-state index contributed by atoms with van der Waals surface area (Å²) in [5.41, 5.74) is 1.67. The van der Waals surface area contributed by atoms with Gasteiger partial charge in [0.05, 0.1) is 21.4 Å². The molecule has 2 fully saturated rings. The minimum Gasteiger partial charge on any atom is -0.444 e. The van der Waals surface area contributed by atoms with Crippen molar-refractivity contribution in [1.29, 1.82) is 0 Å². The zero-order chi connectivity index (χ0) is 33.2. The van der Waals surface area contributed by atoms with E-state index in [2.05, 4.69) is 41.9 Å². The zero-order valence-electron chi connectivity index (χ0n) is 26.8. The van der Waals surface area contributed by atoms with Crippen molar-refractivity contribution in [2.45, 2.75) is 41.9 Å². The first kappa shape index (κ1) is 35.0. The van der Waals surface area contributed by atoms with Crippen LogP contribution in [0.4, 0.5) is 21.3 Å². The van der Waals surface area contributed by atoms with Crippen LogP contribution in [0.2, 0.25) is 0 Å². The Hall–Kier alpha value is -3.37. The average molecular weight is 716 g/mol. The van der Waals surface area contributed by atoms with Crippen LogP contribution in [-0.4, -0.2) is 87.3 Å². The van der Waals surface area contributed by atoms with E-state index in [0.29, 0.717) is 42.0 Å². The maximum Gasteiger partial charge on any atom is 0.410 e. The zero-order valence-corrected chi connectivity index (χ0v) is 30.1. The van der Waals surface area contributed by atoms with Crippen molar-refractivity contribution < 1.29 is 17.9 Å². The Morgan fingerprint density at radius 1 is 0.872 bits per heavy atom. The average Bonchev–Trinajstić information content (AvgIpc) is 3.80. The molecule has 2 atom stereocenters. The molecule has 6 rings (SSSR count). The molecule has 2 aliphatic rings. The van der Waals surface area contributed by atoms with Gasteiger partial charge in [0.2, 0.25) is 0 Å². The van der Waals surface area contributed by atoms with E-state index in [0.717, 1.165) is 47.5 Å². The normalized spacial score (nSPS) is 16.5. The first-order valence-corrected chi connectivity index (χ1v) is 19.6. The number of ether oxygens (including phenoxy) is 1. The molecule has 15 heteroatoms. The lowest BCUT2D eigenvalue weighted by Gasteiger charge is -2.36. The minimum absolute atomic E-state index is 0.273. The molecule has 2 unspecified atom stereocenters. The van der Waals surface area contributed by atoms with Crippen LogP contribution >= 0.6 is 22.7 Å². The van der Waals surface area contributed by atoms with Crippen LogP contribution in [0.25, 0.3) is 0 Å². The van der Waals surface area contributed by atoms with E-state index >= 15 is 0 Å². The van der Waals surface area contributed by atoms with E-state index in [-0.39, 0.29) is 6.09 Å². The molecular weight excluding hydrogens is 675 g/mol. The topological polar surface area (TPSA) is 120 Å². The van der Waals surface area contributed by atoms with Crippen molar-refractivity contribution in [3.8, 4) is 0 Å². The smallest absolute Gasteiger partial charge is 0.410 e. The number of hydrogen-bond donors (Lipinski definition) is 2. The first-order chi connectivity index (χ1) is 22.6. The lowest BCUT2D eigenvalue weighted by Crippen LogP contribution is -2.50. The molecule has 252 valence electrons. The summed E-state index contributed by atoms with van der Waals surface area (Å²) >= 11 is 2.97. The summed E-state index contributed by atoms with van der Waals surface area (Å²) < 4.78 is 33.2. The van der Waals surface area contributed by atoms with Crippen molar-refractivity contribution >= 4 is 67.1 Å². The second kappa shape index (κ2) is 16.6. The Morgan fingerprint density at radius 2 is 1.49 bits per heavy atom. The van der Waals surface area contributed by atoms with Gasteiger partial charge in [-0.15, -0.1) is 22.7 Å². The number of anilines is 3. The van der Waals surface area contributed by atoms with Gasteiger partial charge in [-0.1, -0.05) is 12.1 Å². The van der Waals surface area contributed by atoms with Gasteiger partial charge in [0.25, 0.3) is 0 Å². The number of piperazine rings is 2. The third-order valence-corrected chi connectivity index (χ3v) is 11.4. The Balaban J connectivity index is 0.000000193. The van der Waals surface area contributed by atoms with Gasteiger partial charge in [-0.3, -0.25) is 8.93 Å². The van der Waals surface area contributed by atoms with Crippen LogP contribution in [0.5, 0.6) is 0 Å². The number of benzene rings is 2. The Morgan fingerprint density at radius 3 is 2.11 bits per heavy atom. The molecule has 2 saturated heterocycles. The van der Waals surface area contributed by atoms with Gasteiger partial charge in [-0.05, 0) is 57.2 Å². The van der Waals surface area contributed by atoms with Gasteiger partial charge in [0, 0.05) is 91.8 Å². The summed E-state index contributed by atoms with van der Waals surface area (Å²) in [6.07, 6.45) is 3.16. The van der Waals surface area contributed by atoms with Crippen molar-refractivity contribution in [3.63, 3.8) is 0 Å². The van der Waals surface area contributed by atoms with Crippen LogP contribution in [0.1, 0.15) is 25.8 Å². The van der Waals surface area contributed by atoms with E-state index in [9.17, 15) is 13.2 Å². The van der Waals surface area contributed by atoms with E-state index in [1.807, 2.05) is 67.9 Å². The molecule has 0 saturated carbocycles. The van der Waals surface area contributed by atoms with Crippen molar-refractivity contribution in [3.05, 3.63) is 76.7 Å². The summed E-state index contributed by atoms with van der Waals surface area (Å²) in [6.45, 7) is 12.2. The molecule has 4 aromatic rings. The van der Waals surface area contributed by atoms with E-state index in [1.54, 1.807) is 28.6 Å². The molecule has 2 aliphatic heterocycles. The van der Waals surface area contributed by atoms with E-state index in [1.165, 1.54) is 11.3 Å². The van der Waals surface area contributed by atoms with Gasteiger partial charge in [0.1, 0.15) is 10.6 Å². The largest absolute Gasteiger partial charge is 0.444 e. The molecule has 0 radical (unpaired) electrons. The molecule has 2 N–H and O–H groups in total. The third-order valence-electron chi connectivity index (χ3n) is 7.24. The lowest BCUT2D eigenvalue weighted by molar-refractivity contribution is 0.0240. The van der Waals surface area contributed by atoms with Gasteiger partial charge in [-0.2, -0.15) is 0 Å². The number of carbonyl (C=O) groups is 1.